The van der Waals surface area contributed by atoms with Crippen LogP contribution in [0.4, 0.5) is 5.69 Å². The standard InChI is InChI=1S/C15H16BrNO2/c1-10-8-11(4-5-12(10)16)17-13(18)9-15(14(17)19)6-2-3-7-15/h4-5,8H,2-3,6-7,9H2,1H3. The highest BCUT2D eigenvalue weighted by Crippen LogP contribution is 2.48. The summed E-state index contributed by atoms with van der Waals surface area (Å²) in [4.78, 5) is 26.3. The summed E-state index contributed by atoms with van der Waals surface area (Å²) in [6.07, 6.45) is 4.24. The van der Waals surface area contributed by atoms with E-state index in [1.165, 1.54) is 4.90 Å². The first-order chi connectivity index (χ1) is 9.03. The molecule has 1 aromatic rings. The number of imide groups is 1. The Hall–Kier alpha value is -1.16. The molecule has 1 heterocycles. The van der Waals surface area contributed by atoms with Gasteiger partial charge in [-0.05, 0) is 43.5 Å². The van der Waals surface area contributed by atoms with Gasteiger partial charge in [0.15, 0.2) is 0 Å². The van der Waals surface area contributed by atoms with Gasteiger partial charge in [-0.1, -0.05) is 28.8 Å². The molecule has 0 radical (unpaired) electrons. The van der Waals surface area contributed by atoms with E-state index in [9.17, 15) is 9.59 Å². The van der Waals surface area contributed by atoms with E-state index >= 15 is 0 Å². The van der Waals surface area contributed by atoms with Crippen LogP contribution in [0.25, 0.3) is 0 Å². The molecule has 1 aliphatic heterocycles. The predicted octanol–water partition coefficient (Wildman–Crippen LogP) is 3.58. The van der Waals surface area contributed by atoms with E-state index in [2.05, 4.69) is 15.9 Å². The monoisotopic (exact) mass is 321 g/mol. The number of carbonyl (C=O) groups is 2. The molecule has 2 amide bonds. The number of benzene rings is 1. The van der Waals surface area contributed by atoms with E-state index in [0.29, 0.717) is 12.1 Å². The highest BCUT2D eigenvalue weighted by molar-refractivity contribution is 9.10. The van der Waals surface area contributed by atoms with Gasteiger partial charge >= 0.3 is 0 Å². The van der Waals surface area contributed by atoms with Crippen molar-refractivity contribution in [2.24, 2.45) is 5.41 Å². The fraction of sp³-hybridized carbons (Fsp3) is 0.467. The molecule has 1 saturated carbocycles. The molecule has 1 aromatic carbocycles. The van der Waals surface area contributed by atoms with Gasteiger partial charge in [0.05, 0.1) is 11.1 Å². The summed E-state index contributed by atoms with van der Waals surface area (Å²) in [5, 5.41) is 0. The third-order valence-electron chi connectivity index (χ3n) is 4.36. The Morgan fingerprint density at radius 3 is 2.53 bits per heavy atom. The van der Waals surface area contributed by atoms with E-state index in [4.69, 9.17) is 0 Å². The first-order valence-electron chi connectivity index (χ1n) is 6.67. The molecule has 2 aliphatic rings. The Balaban J connectivity index is 1.98. The van der Waals surface area contributed by atoms with Crippen LogP contribution >= 0.6 is 15.9 Å². The second-order valence-corrected chi connectivity index (χ2v) is 6.49. The van der Waals surface area contributed by atoms with Gasteiger partial charge in [0.1, 0.15) is 0 Å². The predicted molar refractivity (Wildman–Crippen MR) is 76.9 cm³/mol. The summed E-state index contributed by atoms with van der Waals surface area (Å²) < 4.78 is 0.992. The summed E-state index contributed by atoms with van der Waals surface area (Å²) in [6, 6.07) is 5.62. The van der Waals surface area contributed by atoms with Gasteiger partial charge in [-0.25, -0.2) is 0 Å². The summed E-state index contributed by atoms with van der Waals surface area (Å²) in [7, 11) is 0. The van der Waals surface area contributed by atoms with Crippen LogP contribution in [0.3, 0.4) is 0 Å². The number of carbonyl (C=O) groups excluding carboxylic acids is 2. The maximum Gasteiger partial charge on any atom is 0.240 e. The SMILES string of the molecule is Cc1cc(N2C(=O)CC3(CCCC3)C2=O)ccc1Br. The van der Waals surface area contributed by atoms with Gasteiger partial charge in [0.2, 0.25) is 11.8 Å². The number of hydrogen-bond donors (Lipinski definition) is 0. The number of aryl methyl sites for hydroxylation is 1. The van der Waals surface area contributed by atoms with Crippen molar-refractivity contribution in [2.75, 3.05) is 4.90 Å². The fourth-order valence-corrected chi connectivity index (χ4v) is 3.51. The zero-order chi connectivity index (χ0) is 13.6. The van der Waals surface area contributed by atoms with Crippen molar-refractivity contribution >= 4 is 33.4 Å². The summed E-state index contributed by atoms with van der Waals surface area (Å²) in [5.74, 6) is -0.0367. The lowest BCUT2D eigenvalue weighted by Crippen LogP contribution is -2.34. The van der Waals surface area contributed by atoms with Crippen LogP contribution in [0.15, 0.2) is 22.7 Å². The third kappa shape index (κ3) is 1.93. The van der Waals surface area contributed by atoms with Crippen molar-refractivity contribution in [3.05, 3.63) is 28.2 Å². The lowest BCUT2D eigenvalue weighted by molar-refractivity contribution is -0.125. The summed E-state index contributed by atoms with van der Waals surface area (Å²) in [6.45, 7) is 1.96. The average molecular weight is 322 g/mol. The van der Waals surface area contributed by atoms with E-state index in [-0.39, 0.29) is 11.8 Å². The van der Waals surface area contributed by atoms with E-state index < -0.39 is 5.41 Å². The number of rotatable bonds is 1. The Labute approximate surface area is 121 Å². The van der Waals surface area contributed by atoms with Crippen LogP contribution in [0.1, 0.15) is 37.7 Å². The minimum atomic E-state index is -0.391. The van der Waals surface area contributed by atoms with Crippen LogP contribution in [-0.4, -0.2) is 11.8 Å². The van der Waals surface area contributed by atoms with Crippen molar-refractivity contribution in [1.29, 1.82) is 0 Å². The number of anilines is 1. The lowest BCUT2D eigenvalue weighted by atomic mass is 9.84. The number of halogens is 1. The van der Waals surface area contributed by atoms with Gasteiger partial charge in [0.25, 0.3) is 0 Å². The smallest absolute Gasteiger partial charge is 0.240 e. The van der Waals surface area contributed by atoms with Crippen molar-refractivity contribution in [1.82, 2.24) is 0 Å². The van der Waals surface area contributed by atoms with Gasteiger partial charge < -0.3 is 0 Å². The second kappa shape index (κ2) is 4.44. The first kappa shape index (κ1) is 12.9. The first-order valence-corrected chi connectivity index (χ1v) is 7.46. The molecule has 1 aliphatic carbocycles. The molecule has 0 aromatic heterocycles. The topological polar surface area (TPSA) is 37.4 Å². The normalized spacial score (nSPS) is 21.7. The largest absolute Gasteiger partial charge is 0.274 e. The number of hydrogen-bond acceptors (Lipinski definition) is 2. The Kier molecular flexibility index (Phi) is 3.01. The molecule has 0 bridgehead atoms. The molecular formula is C15H16BrNO2. The lowest BCUT2D eigenvalue weighted by Gasteiger charge is -2.21. The Morgan fingerprint density at radius 1 is 1.21 bits per heavy atom. The Morgan fingerprint density at radius 2 is 1.89 bits per heavy atom. The number of nitrogens with zero attached hydrogens (tertiary/aromatic N) is 1. The molecule has 19 heavy (non-hydrogen) atoms. The molecule has 0 atom stereocenters. The third-order valence-corrected chi connectivity index (χ3v) is 5.25. The summed E-state index contributed by atoms with van der Waals surface area (Å²) in [5.41, 5.74) is 1.35. The maximum absolute atomic E-state index is 12.6. The van der Waals surface area contributed by atoms with Crippen LogP contribution in [0, 0.1) is 12.3 Å². The molecule has 4 heteroatoms. The van der Waals surface area contributed by atoms with Gasteiger partial charge in [-0.2, -0.15) is 0 Å². The van der Waals surface area contributed by atoms with Gasteiger partial charge in [0, 0.05) is 10.9 Å². The molecule has 100 valence electrons. The van der Waals surface area contributed by atoms with E-state index in [1.807, 2.05) is 25.1 Å². The van der Waals surface area contributed by atoms with E-state index in [0.717, 1.165) is 35.7 Å². The van der Waals surface area contributed by atoms with Crippen LogP contribution < -0.4 is 4.90 Å². The minimum absolute atomic E-state index is 0.0109. The van der Waals surface area contributed by atoms with Crippen molar-refractivity contribution in [2.45, 2.75) is 39.0 Å². The van der Waals surface area contributed by atoms with Crippen LogP contribution in [0.5, 0.6) is 0 Å². The zero-order valence-electron chi connectivity index (χ0n) is 10.9. The van der Waals surface area contributed by atoms with Crippen LogP contribution in [-0.2, 0) is 9.59 Å². The average Bonchev–Trinajstić information content (AvgIpc) is 2.91. The zero-order valence-corrected chi connectivity index (χ0v) is 12.5. The molecule has 3 nitrogen and oxygen atoms in total. The van der Waals surface area contributed by atoms with Gasteiger partial charge in [-0.3, -0.25) is 14.5 Å². The summed E-state index contributed by atoms with van der Waals surface area (Å²) >= 11 is 3.44. The molecule has 0 unspecified atom stereocenters. The molecule has 3 rings (SSSR count). The van der Waals surface area contributed by atoms with Crippen molar-refractivity contribution < 1.29 is 9.59 Å². The molecule has 2 fully saturated rings. The highest BCUT2D eigenvalue weighted by atomic mass is 79.9. The fourth-order valence-electron chi connectivity index (χ4n) is 3.27. The van der Waals surface area contributed by atoms with Gasteiger partial charge in [-0.15, -0.1) is 0 Å². The molecule has 0 N–H and O–H groups in total. The second-order valence-electron chi connectivity index (χ2n) is 5.63. The Bertz CT molecular complexity index is 561. The highest BCUT2D eigenvalue weighted by Gasteiger charge is 2.53. The van der Waals surface area contributed by atoms with Crippen molar-refractivity contribution in [3.63, 3.8) is 0 Å². The molecular weight excluding hydrogens is 306 g/mol. The van der Waals surface area contributed by atoms with E-state index in [1.54, 1.807) is 0 Å². The quantitative estimate of drug-likeness (QED) is 0.741. The number of amides is 2. The maximum atomic E-state index is 12.6. The van der Waals surface area contributed by atoms with Crippen LogP contribution in [0.2, 0.25) is 0 Å². The van der Waals surface area contributed by atoms with Crippen molar-refractivity contribution in [3.8, 4) is 0 Å². The minimum Gasteiger partial charge on any atom is -0.274 e. The molecule has 1 saturated heterocycles. The molecule has 1 spiro atoms.